The Morgan fingerprint density at radius 1 is 1.60 bits per heavy atom. The van der Waals surface area contributed by atoms with Gasteiger partial charge in [0.05, 0.1) is 0 Å². The zero-order valence-corrected chi connectivity index (χ0v) is 8.21. The van der Waals surface area contributed by atoms with Gasteiger partial charge in [-0.1, -0.05) is 0 Å². The van der Waals surface area contributed by atoms with Crippen molar-refractivity contribution in [2.75, 3.05) is 0 Å². The Balaban J connectivity index is 0. The molecule has 0 aromatic rings. The topological polar surface area (TPSA) is 0 Å². The fourth-order valence-electron chi connectivity index (χ4n) is 0. The smallest absolute Gasteiger partial charge is 1.00 e. The molecule has 0 N–H and O–H groups in total. The van der Waals surface area contributed by atoms with Crippen molar-refractivity contribution >= 4 is 0 Å². The van der Waals surface area contributed by atoms with Gasteiger partial charge in [-0.3, -0.25) is 0 Å². The minimum absolute atomic E-state index is 0. The summed E-state index contributed by atoms with van der Waals surface area (Å²) in [5.74, 6) is 2.74. The summed E-state index contributed by atoms with van der Waals surface area (Å²) < 4.78 is 2.81. The maximum atomic E-state index is 2.81. The van der Waals surface area contributed by atoms with Crippen LogP contribution in [0.5, 0.6) is 0 Å². The average Bonchev–Trinajstić information content (AvgIpc) is 1.37. The van der Waals surface area contributed by atoms with E-state index in [9.17, 15) is 0 Å². The molecule has 0 aliphatic carbocycles. The SMILES string of the molecule is CC#[C][Zn+].[I-]. The third-order valence-electron chi connectivity index (χ3n) is 0.177. The molecule has 0 spiro atoms. The Labute approximate surface area is 59.4 Å². The van der Waals surface area contributed by atoms with E-state index in [0.717, 1.165) is 18.3 Å². The van der Waals surface area contributed by atoms with Gasteiger partial charge >= 0.3 is 35.7 Å². The van der Waals surface area contributed by atoms with Gasteiger partial charge in [0.1, 0.15) is 0 Å². The molecule has 0 amide bonds. The van der Waals surface area contributed by atoms with Crippen LogP contribution in [0.4, 0.5) is 0 Å². The Morgan fingerprint density at radius 3 is 1.80 bits per heavy atom. The molecule has 0 unspecified atom stereocenters. The van der Waals surface area contributed by atoms with Crippen LogP contribution in [0, 0.1) is 10.4 Å². The molecule has 5 heavy (non-hydrogen) atoms. The van der Waals surface area contributed by atoms with E-state index in [1.165, 1.54) is 0 Å². The molecular formula is C3H3IZn. The van der Waals surface area contributed by atoms with E-state index in [-0.39, 0.29) is 24.0 Å². The second-order valence-corrected chi connectivity index (χ2v) is 1.17. The van der Waals surface area contributed by atoms with Crippen molar-refractivity contribution in [2.45, 2.75) is 6.92 Å². The third-order valence-corrected chi connectivity index (χ3v) is 0.919. The van der Waals surface area contributed by atoms with Gasteiger partial charge in [-0.15, -0.1) is 0 Å². The summed E-state index contributed by atoms with van der Waals surface area (Å²) in [6.45, 7) is 1.85. The van der Waals surface area contributed by atoms with Crippen LogP contribution >= 0.6 is 0 Å². The normalized spacial score (nSPS) is 3.00. The summed E-state index contributed by atoms with van der Waals surface area (Å²) in [4.78, 5) is 0. The summed E-state index contributed by atoms with van der Waals surface area (Å²) in [5, 5.41) is 0. The molecule has 0 atom stereocenters. The van der Waals surface area contributed by atoms with Gasteiger partial charge < -0.3 is 24.0 Å². The molecule has 2 heteroatoms. The van der Waals surface area contributed by atoms with Crippen molar-refractivity contribution in [2.24, 2.45) is 0 Å². The minimum Gasteiger partial charge on any atom is -1.00 e. The fourth-order valence-corrected chi connectivity index (χ4v) is 0. The summed E-state index contributed by atoms with van der Waals surface area (Å²) in [6, 6.07) is 0. The number of hydrogen-bond donors (Lipinski definition) is 0. The van der Waals surface area contributed by atoms with Crippen molar-refractivity contribution in [3.8, 4) is 10.4 Å². The molecule has 0 fully saturated rings. The zero-order valence-electron chi connectivity index (χ0n) is 3.09. The van der Waals surface area contributed by atoms with Crippen molar-refractivity contribution in [3.63, 3.8) is 0 Å². The Bertz CT molecular complexity index is 43.6. The van der Waals surface area contributed by atoms with E-state index in [2.05, 4.69) is 10.4 Å². The first kappa shape index (κ1) is 9.32. The molecule has 0 nitrogen and oxygen atoms in total. The largest absolute Gasteiger partial charge is 1.00 e. The molecule has 0 rings (SSSR count). The number of hydrogen-bond acceptors (Lipinski definition) is 0. The zero-order chi connectivity index (χ0) is 3.41. The molecule has 0 bridgehead atoms. The predicted molar refractivity (Wildman–Crippen MR) is 13.5 cm³/mol. The fraction of sp³-hybridized carbons (Fsp3) is 0.333. The first-order chi connectivity index (χ1) is 1.91. The molecule has 0 heterocycles. The number of halogens is 1. The van der Waals surface area contributed by atoms with Gasteiger partial charge in [0.2, 0.25) is 0 Å². The minimum atomic E-state index is 0. The molecule has 0 aromatic carbocycles. The molecule has 0 radical (unpaired) electrons. The van der Waals surface area contributed by atoms with Crippen LogP contribution in [0.1, 0.15) is 6.92 Å². The first-order valence-corrected chi connectivity index (χ1v) is 2.59. The van der Waals surface area contributed by atoms with Crippen LogP contribution in [0.2, 0.25) is 0 Å². The van der Waals surface area contributed by atoms with Gasteiger partial charge in [0, 0.05) is 0 Å². The Morgan fingerprint density at radius 2 is 1.80 bits per heavy atom. The maximum Gasteiger partial charge on any atom is -1.00 e. The van der Waals surface area contributed by atoms with Crippen molar-refractivity contribution < 1.29 is 42.3 Å². The van der Waals surface area contributed by atoms with Crippen molar-refractivity contribution in [1.82, 2.24) is 0 Å². The van der Waals surface area contributed by atoms with E-state index >= 15 is 0 Å². The molecule has 0 aliphatic rings. The molecule has 24 valence electrons. The Kier molecular flexibility index (Phi) is 16.5. The van der Waals surface area contributed by atoms with Crippen LogP contribution in [-0.4, -0.2) is 0 Å². The molecule has 0 saturated carbocycles. The quantitative estimate of drug-likeness (QED) is 0.246. The summed E-state index contributed by atoms with van der Waals surface area (Å²) in [5.41, 5.74) is 0. The number of rotatable bonds is 0. The monoisotopic (exact) mass is 230 g/mol. The van der Waals surface area contributed by atoms with Gasteiger partial charge in [0.15, 0.2) is 0 Å². The van der Waals surface area contributed by atoms with E-state index in [1.54, 1.807) is 0 Å². The van der Waals surface area contributed by atoms with Crippen LogP contribution in [0.25, 0.3) is 0 Å². The van der Waals surface area contributed by atoms with Crippen molar-refractivity contribution in [1.29, 1.82) is 0 Å². The average molecular weight is 231 g/mol. The molecular weight excluding hydrogens is 228 g/mol. The van der Waals surface area contributed by atoms with Crippen molar-refractivity contribution in [3.05, 3.63) is 0 Å². The summed E-state index contributed by atoms with van der Waals surface area (Å²) in [7, 11) is 0. The van der Waals surface area contributed by atoms with Crippen LogP contribution in [-0.2, 0) is 18.3 Å². The van der Waals surface area contributed by atoms with Gasteiger partial charge in [-0.25, -0.2) is 0 Å². The van der Waals surface area contributed by atoms with E-state index in [0.29, 0.717) is 0 Å². The standard InChI is InChI=1S/C3H3.HI.Zn/c1-3-2;;/h1H3;1H;/q;;+1/p-1. The molecule has 0 aliphatic heterocycles. The van der Waals surface area contributed by atoms with Crippen LogP contribution < -0.4 is 24.0 Å². The van der Waals surface area contributed by atoms with E-state index < -0.39 is 0 Å². The predicted octanol–water partition coefficient (Wildman–Crippen LogP) is -2.48. The summed E-state index contributed by atoms with van der Waals surface area (Å²) >= 11 is 1.11. The van der Waals surface area contributed by atoms with Gasteiger partial charge in [-0.2, -0.15) is 0 Å². The van der Waals surface area contributed by atoms with Crippen LogP contribution in [0.3, 0.4) is 0 Å². The molecule has 0 saturated heterocycles. The van der Waals surface area contributed by atoms with Gasteiger partial charge in [0.25, 0.3) is 0 Å². The van der Waals surface area contributed by atoms with E-state index in [4.69, 9.17) is 0 Å². The van der Waals surface area contributed by atoms with Crippen LogP contribution in [0.15, 0.2) is 0 Å². The summed E-state index contributed by atoms with van der Waals surface area (Å²) in [6.07, 6.45) is 0. The molecule has 0 aromatic heterocycles. The third kappa shape index (κ3) is 11.4. The maximum absolute atomic E-state index is 2.81. The first-order valence-electron chi connectivity index (χ1n) is 1.10. The Hall–Kier alpha value is 0.913. The second kappa shape index (κ2) is 8.87. The van der Waals surface area contributed by atoms with E-state index in [1.807, 2.05) is 6.92 Å². The second-order valence-electron chi connectivity index (χ2n) is 0.427. The van der Waals surface area contributed by atoms with Gasteiger partial charge in [-0.05, 0) is 0 Å².